The number of fused-ring (bicyclic) bond motifs is 3. The Morgan fingerprint density at radius 3 is 2.81 bits per heavy atom. The van der Waals surface area contributed by atoms with Gasteiger partial charge >= 0.3 is 0 Å². The van der Waals surface area contributed by atoms with E-state index in [1.165, 1.54) is 29.1 Å². The summed E-state index contributed by atoms with van der Waals surface area (Å²) < 4.78 is 2.71. The van der Waals surface area contributed by atoms with Crippen LogP contribution in [0.15, 0.2) is 18.3 Å². The van der Waals surface area contributed by atoms with E-state index in [1.54, 1.807) is 11.3 Å². The summed E-state index contributed by atoms with van der Waals surface area (Å²) >= 11 is 0. The Balaban J connectivity index is 1.80. The summed E-state index contributed by atoms with van der Waals surface area (Å²) in [6, 6.07) is 4.88. The monoisotopic (exact) mass is 347 g/mol. The fourth-order valence-electron chi connectivity index (χ4n) is 5.60. The molecule has 0 saturated carbocycles. The Labute approximate surface area is 156 Å². The maximum atomic E-state index is 4.62. The third-order valence-electron chi connectivity index (χ3n) is 6.66. The van der Waals surface area contributed by atoms with Gasteiger partial charge in [-0.2, -0.15) is 0 Å². The predicted octanol–water partition coefficient (Wildman–Crippen LogP) is 2.95. The van der Waals surface area contributed by atoms with Gasteiger partial charge < -0.3 is 9.47 Å². The zero-order chi connectivity index (χ0) is 18.0. The molecule has 4 heterocycles. The van der Waals surface area contributed by atoms with Crippen molar-refractivity contribution in [1.82, 2.24) is 14.5 Å². The van der Waals surface area contributed by atoms with E-state index >= 15 is 0 Å². The first-order valence-electron chi connectivity index (χ1n) is 10.1. The van der Waals surface area contributed by atoms with E-state index in [0.29, 0.717) is 23.8 Å². The molecule has 0 amide bonds. The van der Waals surface area contributed by atoms with Gasteiger partial charge in [-0.25, -0.2) is 0 Å². The highest BCUT2D eigenvalue weighted by Crippen LogP contribution is 2.43. The lowest BCUT2D eigenvalue weighted by Gasteiger charge is -2.41. The number of hydrogen-bond acceptors (Lipinski definition) is 2. The first-order valence-corrected chi connectivity index (χ1v) is 10.1. The number of nitrogens with zero attached hydrogens (tertiary/aromatic N) is 3. The van der Waals surface area contributed by atoms with Crippen LogP contribution in [0.25, 0.3) is 12.2 Å². The van der Waals surface area contributed by atoms with Crippen LogP contribution in [-0.4, -0.2) is 28.0 Å². The summed E-state index contributed by atoms with van der Waals surface area (Å²) in [5.41, 5.74) is 5.69. The van der Waals surface area contributed by atoms with E-state index in [4.69, 9.17) is 0 Å². The van der Waals surface area contributed by atoms with Crippen LogP contribution < -0.4 is 10.6 Å². The summed E-state index contributed by atoms with van der Waals surface area (Å²) in [6.07, 6.45) is 9.57. The highest BCUT2D eigenvalue weighted by Gasteiger charge is 2.39. The second-order valence-electron chi connectivity index (χ2n) is 8.90. The summed E-state index contributed by atoms with van der Waals surface area (Å²) in [7, 11) is 2.28. The fourth-order valence-corrected chi connectivity index (χ4v) is 5.60. The van der Waals surface area contributed by atoms with Crippen LogP contribution in [0.5, 0.6) is 0 Å². The molecule has 0 radical (unpaired) electrons. The van der Waals surface area contributed by atoms with Gasteiger partial charge in [-0.1, -0.05) is 32.1 Å². The largest absolute Gasteiger partial charge is 0.336 e. The lowest BCUT2D eigenvalue weighted by Crippen LogP contribution is -2.41. The smallest absolute Gasteiger partial charge is 0.0629 e. The Hall–Kier alpha value is -1.87. The van der Waals surface area contributed by atoms with Crippen LogP contribution >= 0.6 is 0 Å². The fraction of sp³-hybridized carbons (Fsp3) is 0.522. The lowest BCUT2D eigenvalue weighted by atomic mass is 9.79. The molecule has 0 spiro atoms. The molecule has 2 aliphatic heterocycles. The van der Waals surface area contributed by atoms with E-state index in [1.807, 2.05) is 0 Å². The predicted molar refractivity (Wildman–Crippen MR) is 106 cm³/mol. The molecule has 3 aliphatic rings. The molecule has 0 N–H and O–H groups in total. The van der Waals surface area contributed by atoms with Gasteiger partial charge in [0, 0.05) is 47.2 Å². The molecule has 136 valence electrons. The van der Waals surface area contributed by atoms with Crippen molar-refractivity contribution in [1.29, 1.82) is 0 Å². The van der Waals surface area contributed by atoms with Crippen molar-refractivity contribution in [3.8, 4) is 0 Å². The van der Waals surface area contributed by atoms with Crippen molar-refractivity contribution in [2.75, 3.05) is 13.6 Å². The molecule has 4 atom stereocenters. The van der Waals surface area contributed by atoms with E-state index in [-0.39, 0.29) is 0 Å². The van der Waals surface area contributed by atoms with Crippen LogP contribution in [0.4, 0.5) is 0 Å². The van der Waals surface area contributed by atoms with Crippen molar-refractivity contribution in [2.45, 2.75) is 52.1 Å². The minimum atomic E-state index is 0.415. The Kier molecular flexibility index (Phi) is 3.65. The van der Waals surface area contributed by atoms with Crippen LogP contribution in [0, 0.1) is 18.8 Å². The highest BCUT2D eigenvalue weighted by atomic mass is 15.1. The Bertz CT molecular complexity index is 966. The van der Waals surface area contributed by atoms with Gasteiger partial charge in [0.15, 0.2) is 0 Å². The Morgan fingerprint density at radius 1 is 1.19 bits per heavy atom. The molecule has 5 rings (SSSR count). The quantitative estimate of drug-likeness (QED) is 0.791. The summed E-state index contributed by atoms with van der Waals surface area (Å²) in [6.45, 7) is 9.13. The second kappa shape index (κ2) is 5.82. The molecule has 2 aromatic heterocycles. The topological polar surface area (TPSA) is 21.1 Å². The number of likely N-dealkylation sites (N-methyl/N-ethyl adjacent to an activating group) is 1. The number of rotatable bonds is 1. The minimum absolute atomic E-state index is 0.415. The third kappa shape index (κ3) is 2.33. The molecule has 3 nitrogen and oxygen atoms in total. The summed E-state index contributed by atoms with van der Waals surface area (Å²) in [5, 5.41) is 3.00. The van der Waals surface area contributed by atoms with Gasteiger partial charge in [0.1, 0.15) is 0 Å². The normalized spacial score (nSPS) is 30.2. The van der Waals surface area contributed by atoms with Gasteiger partial charge in [-0.05, 0) is 55.8 Å². The van der Waals surface area contributed by atoms with Crippen LogP contribution in [-0.2, 0) is 6.54 Å². The summed E-state index contributed by atoms with van der Waals surface area (Å²) in [5.74, 6) is 1.93. The van der Waals surface area contributed by atoms with Crippen molar-refractivity contribution < 1.29 is 0 Å². The lowest BCUT2D eigenvalue weighted by molar-refractivity contribution is 0.211. The highest BCUT2D eigenvalue weighted by molar-refractivity contribution is 5.48. The van der Waals surface area contributed by atoms with E-state index in [0.717, 1.165) is 18.7 Å². The van der Waals surface area contributed by atoms with Gasteiger partial charge in [0.25, 0.3) is 0 Å². The van der Waals surface area contributed by atoms with Crippen molar-refractivity contribution >= 4 is 12.2 Å². The zero-order valence-electron chi connectivity index (χ0n) is 16.4. The molecule has 4 unspecified atom stereocenters. The molecule has 0 aromatic carbocycles. The molecule has 0 fully saturated rings. The molecule has 0 saturated heterocycles. The third-order valence-corrected chi connectivity index (χ3v) is 6.66. The van der Waals surface area contributed by atoms with Gasteiger partial charge in [0.2, 0.25) is 0 Å². The number of pyridine rings is 1. The molecule has 26 heavy (non-hydrogen) atoms. The van der Waals surface area contributed by atoms with Crippen LogP contribution in [0.1, 0.15) is 61.2 Å². The Morgan fingerprint density at radius 2 is 2.04 bits per heavy atom. The number of aromatic nitrogens is 2. The average Bonchev–Trinajstić information content (AvgIpc) is 2.91. The first-order chi connectivity index (χ1) is 12.5. The van der Waals surface area contributed by atoms with Crippen LogP contribution in [0.2, 0.25) is 0 Å². The molecule has 1 aliphatic carbocycles. The zero-order valence-corrected chi connectivity index (χ0v) is 16.4. The van der Waals surface area contributed by atoms with Crippen LogP contribution in [0.3, 0.4) is 0 Å². The molecule has 0 bridgehead atoms. The number of aryl methyl sites for hydroxylation is 1. The van der Waals surface area contributed by atoms with Crippen molar-refractivity contribution in [3.05, 3.63) is 51.4 Å². The molecule has 2 aromatic rings. The summed E-state index contributed by atoms with van der Waals surface area (Å²) in [4.78, 5) is 7.14. The first kappa shape index (κ1) is 16.3. The van der Waals surface area contributed by atoms with Crippen molar-refractivity contribution in [3.63, 3.8) is 0 Å². The van der Waals surface area contributed by atoms with E-state index in [2.05, 4.69) is 72.8 Å². The second-order valence-corrected chi connectivity index (χ2v) is 8.90. The van der Waals surface area contributed by atoms with E-state index in [9.17, 15) is 0 Å². The molecule has 3 heteroatoms. The molecular weight excluding hydrogens is 318 g/mol. The van der Waals surface area contributed by atoms with E-state index < -0.39 is 0 Å². The molecular formula is C23H29N3. The maximum absolute atomic E-state index is 4.62. The SMILES string of the molecule is Cc1ccc(C2C(C)CC3CN(C)Cc4c3n2c2c4=CC(C)CC=2)cn1. The minimum Gasteiger partial charge on any atom is -0.336 e. The van der Waals surface area contributed by atoms with Gasteiger partial charge in [-0.15, -0.1) is 0 Å². The van der Waals surface area contributed by atoms with Gasteiger partial charge in [0.05, 0.1) is 6.04 Å². The van der Waals surface area contributed by atoms with Crippen molar-refractivity contribution in [2.24, 2.45) is 11.8 Å². The standard InChI is InChI=1S/C23H29N3/c1-14-5-8-21-19(9-14)20-13-25(4)12-18-10-15(2)22(26(21)23(18)20)17-7-6-16(3)24-11-17/h6-9,11,14-15,18,22H,5,10,12-13H2,1-4H3. The van der Waals surface area contributed by atoms with Gasteiger partial charge in [-0.3, -0.25) is 4.98 Å². The maximum Gasteiger partial charge on any atom is 0.0629 e. The number of hydrogen-bond donors (Lipinski definition) is 0. The average molecular weight is 348 g/mol.